The van der Waals surface area contributed by atoms with Crippen molar-refractivity contribution in [3.05, 3.63) is 67.1 Å². The number of carbonyl (C=O) groups excluding carboxylic acids is 1. The van der Waals surface area contributed by atoms with Crippen molar-refractivity contribution < 1.29 is 4.79 Å². The van der Waals surface area contributed by atoms with Gasteiger partial charge in [-0.15, -0.1) is 0 Å². The van der Waals surface area contributed by atoms with Crippen LogP contribution in [0.2, 0.25) is 0 Å². The number of hydrogen-bond donors (Lipinski definition) is 1. The number of urea groups is 1. The van der Waals surface area contributed by atoms with Gasteiger partial charge in [-0.2, -0.15) is 5.10 Å². The zero-order valence-corrected chi connectivity index (χ0v) is 15.9. The molecule has 28 heavy (non-hydrogen) atoms. The monoisotopic (exact) mass is 375 g/mol. The third-order valence-electron chi connectivity index (χ3n) is 5.24. The number of pyridine rings is 1. The third kappa shape index (κ3) is 4.39. The van der Waals surface area contributed by atoms with E-state index in [-0.39, 0.29) is 6.03 Å². The first-order valence-electron chi connectivity index (χ1n) is 9.86. The van der Waals surface area contributed by atoms with Crippen LogP contribution in [0.5, 0.6) is 0 Å². The van der Waals surface area contributed by atoms with Crippen molar-refractivity contribution in [3.8, 4) is 11.3 Å². The second-order valence-electron chi connectivity index (χ2n) is 7.13. The van der Waals surface area contributed by atoms with Gasteiger partial charge < -0.3 is 10.2 Å². The molecule has 0 atom stereocenters. The summed E-state index contributed by atoms with van der Waals surface area (Å²) in [4.78, 5) is 19.0. The number of rotatable bonds is 6. The molecule has 0 aliphatic heterocycles. The van der Waals surface area contributed by atoms with E-state index in [0.29, 0.717) is 19.1 Å². The highest BCUT2D eigenvalue weighted by Gasteiger charge is 2.26. The van der Waals surface area contributed by atoms with E-state index in [9.17, 15) is 4.79 Å². The average Bonchev–Trinajstić information content (AvgIpc) is 3.42. The Bertz CT molecular complexity index is 888. The molecule has 0 saturated heterocycles. The van der Waals surface area contributed by atoms with Gasteiger partial charge in [0.25, 0.3) is 0 Å². The minimum absolute atomic E-state index is 0.0281. The summed E-state index contributed by atoms with van der Waals surface area (Å²) in [6, 6.07) is 15.8. The lowest BCUT2D eigenvalue weighted by molar-refractivity contribution is 0.184. The number of para-hydroxylation sites is 1. The Labute approximate surface area is 165 Å². The number of nitrogens with one attached hydrogen (secondary N) is 1. The maximum atomic E-state index is 12.9. The molecule has 0 spiro atoms. The minimum Gasteiger partial charge on any atom is -0.320 e. The van der Waals surface area contributed by atoms with Crippen LogP contribution in [0.3, 0.4) is 0 Å². The second-order valence-corrected chi connectivity index (χ2v) is 7.13. The highest BCUT2D eigenvalue weighted by atomic mass is 16.2. The zero-order chi connectivity index (χ0) is 19.2. The maximum Gasteiger partial charge on any atom is 0.322 e. The van der Waals surface area contributed by atoms with Crippen LogP contribution in [-0.4, -0.2) is 38.3 Å². The number of benzene rings is 1. The first-order valence-corrected chi connectivity index (χ1v) is 9.86. The quantitative estimate of drug-likeness (QED) is 0.694. The number of anilines is 1. The van der Waals surface area contributed by atoms with Crippen molar-refractivity contribution in [2.45, 2.75) is 38.3 Å². The predicted molar refractivity (Wildman–Crippen MR) is 110 cm³/mol. The Balaban J connectivity index is 1.43. The summed E-state index contributed by atoms with van der Waals surface area (Å²) < 4.78 is 1.91. The van der Waals surface area contributed by atoms with Crippen LogP contribution in [0, 0.1) is 0 Å². The van der Waals surface area contributed by atoms with Crippen LogP contribution < -0.4 is 5.32 Å². The molecule has 2 amide bonds. The number of amides is 2. The van der Waals surface area contributed by atoms with Gasteiger partial charge in [-0.05, 0) is 43.2 Å². The van der Waals surface area contributed by atoms with E-state index in [1.165, 1.54) is 12.8 Å². The van der Waals surface area contributed by atoms with E-state index in [1.54, 1.807) is 12.4 Å². The van der Waals surface area contributed by atoms with Crippen LogP contribution in [0.15, 0.2) is 67.1 Å². The van der Waals surface area contributed by atoms with Crippen molar-refractivity contribution in [2.75, 3.05) is 11.9 Å². The third-order valence-corrected chi connectivity index (χ3v) is 5.24. The average molecular weight is 375 g/mol. The summed E-state index contributed by atoms with van der Waals surface area (Å²) in [6.45, 7) is 1.31. The second kappa shape index (κ2) is 8.69. The van der Waals surface area contributed by atoms with E-state index in [2.05, 4.69) is 15.4 Å². The molecule has 6 nitrogen and oxygen atoms in total. The summed E-state index contributed by atoms with van der Waals surface area (Å²) in [5.41, 5.74) is 2.79. The van der Waals surface area contributed by atoms with Crippen LogP contribution in [0.4, 0.5) is 10.5 Å². The van der Waals surface area contributed by atoms with E-state index in [1.807, 2.05) is 64.3 Å². The van der Waals surface area contributed by atoms with Gasteiger partial charge in [0.2, 0.25) is 0 Å². The molecule has 144 valence electrons. The summed E-state index contributed by atoms with van der Waals surface area (Å²) in [5, 5.41) is 7.69. The fourth-order valence-corrected chi connectivity index (χ4v) is 3.76. The van der Waals surface area contributed by atoms with Gasteiger partial charge in [0, 0.05) is 42.4 Å². The molecular weight excluding hydrogens is 350 g/mol. The molecule has 1 N–H and O–H groups in total. The molecule has 3 aromatic rings. The standard InChI is InChI=1S/C22H25N5O/c28-22(24-19-6-2-1-3-7-19)27(20-8-4-5-9-20)17-16-26-15-12-21(25-26)18-10-13-23-14-11-18/h1-3,6-7,10-15,20H,4-5,8-9,16-17H2,(H,24,28). The smallest absolute Gasteiger partial charge is 0.320 e. The number of hydrogen-bond acceptors (Lipinski definition) is 3. The van der Waals surface area contributed by atoms with Crippen molar-refractivity contribution in [1.82, 2.24) is 19.7 Å². The van der Waals surface area contributed by atoms with Gasteiger partial charge in [-0.3, -0.25) is 9.67 Å². The minimum atomic E-state index is -0.0281. The predicted octanol–water partition coefficient (Wildman–Crippen LogP) is 4.42. The molecule has 0 bridgehead atoms. The number of aromatic nitrogens is 3. The molecule has 2 aromatic heterocycles. The van der Waals surface area contributed by atoms with E-state index in [4.69, 9.17) is 0 Å². The lowest BCUT2D eigenvalue weighted by Crippen LogP contribution is -2.43. The lowest BCUT2D eigenvalue weighted by Gasteiger charge is -2.29. The highest BCUT2D eigenvalue weighted by molar-refractivity contribution is 5.89. The van der Waals surface area contributed by atoms with E-state index in [0.717, 1.165) is 29.8 Å². The summed E-state index contributed by atoms with van der Waals surface area (Å²) >= 11 is 0. The van der Waals surface area contributed by atoms with Crippen molar-refractivity contribution in [3.63, 3.8) is 0 Å². The Kier molecular flexibility index (Phi) is 5.66. The van der Waals surface area contributed by atoms with Gasteiger partial charge in [-0.1, -0.05) is 31.0 Å². The molecule has 1 saturated carbocycles. The summed E-state index contributed by atoms with van der Waals surface area (Å²) in [6.07, 6.45) is 10.0. The van der Waals surface area contributed by atoms with Gasteiger partial charge >= 0.3 is 6.03 Å². The van der Waals surface area contributed by atoms with Crippen molar-refractivity contribution in [1.29, 1.82) is 0 Å². The fourth-order valence-electron chi connectivity index (χ4n) is 3.76. The van der Waals surface area contributed by atoms with Crippen LogP contribution in [0.1, 0.15) is 25.7 Å². The van der Waals surface area contributed by atoms with E-state index >= 15 is 0 Å². The van der Waals surface area contributed by atoms with Crippen LogP contribution >= 0.6 is 0 Å². The fraction of sp³-hybridized carbons (Fsp3) is 0.318. The first kappa shape index (κ1) is 18.2. The molecule has 1 fully saturated rings. The molecule has 2 heterocycles. The molecule has 1 aromatic carbocycles. The topological polar surface area (TPSA) is 63.1 Å². The zero-order valence-electron chi connectivity index (χ0n) is 15.9. The van der Waals surface area contributed by atoms with E-state index < -0.39 is 0 Å². The van der Waals surface area contributed by atoms with Crippen molar-refractivity contribution in [2.24, 2.45) is 0 Å². The molecule has 6 heteroatoms. The van der Waals surface area contributed by atoms with Crippen LogP contribution in [0.25, 0.3) is 11.3 Å². The molecule has 1 aliphatic carbocycles. The summed E-state index contributed by atoms with van der Waals surface area (Å²) in [5.74, 6) is 0. The van der Waals surface area contributed by atoms with Crippen molar-refractivity contribution >= 4 is 11.7 Å². The maximum absolute atomic E-state index is 12.9. The molecular formula is C22H25N5O. The molecule has 1 aliphatic rings. The summed E-state index contributed by atoms with van der Waals surface area (Å²) in [7, 11) is 0. The molecule has 0 unspecified atom stereocenters. The highest BCUT2D eigenvalue weighted by Crippen LogP contribution is 2.24. The van der Waals surface area contributed by atoms with Gasteiger partial charge in [0.15, 0.2) is 0 Å². The number of nitrogens with zero attached hydrogens (tertiary/aromatic N) is 4. The Morgan fingerprint density at radius 2 is 1.82 bits per heavy atom. The SMILES string of the molecule is O=C(Nc1ccccc1)N(CCn1ccc(-c2ccncc2)n1)C1CCCC1. The number of carbonyl (C=O) groups is 1. The first-order chi connectivity index (χ1) is 13.8. The lowest BCUT2D eigenvalue weighted by atomic mass is 10.2. The normalized spacial score (nSPS) is 14.1. The Morgan fingerprint density at radius 1 is 1.07 bits per heavy atom. The van der Waals surface area contributed by atoms with Gasteiger partial charge in [-0.25, -0.2) is 4.79 Å². The Hall–Kier alpha value is -3.15. The Morgan fingerprint density at radius 3 is 2.57 bits per heavy atom. The molecule has 0 radical (unpaired) electrons. The van der Waals surface area contributed by atoms with Crippen LogP contribution in [-0.2, 0) is 6.54 Å². The van der Waals surface area contributed by atoms with Gasteiger partial charge in [0.05, 0.1) is 12.2 Å². The van der Waals surface area contributed by atoms with Gasteiger partial charge in [0.1, 0.15) is 0 Å². The molecule has 4 rings (SSSR count). The largest absolute Gasteiger partial charge is 0.322 e.